The van der Waals surface area contributed by atoms with Crippen LogP contribution in [0, 0.1) is 0 Å². The highest BCUT2D eigenvalue weighted by molar-refractivity contribution is 7.80. The molecule has 0 aromatic carbocycles. The molecular formula is C9H10N4OS2. The van der Waals surface area contributed by atoms with E-state index in [1.165, 1.54) is 0 Å². The summed E-state index contributed by atoms with van der Waals surface area (Å²) in [5.41, 5.74) is 0. The van der Waals surface area contributed by atoms with Crippen LogP contribution in [-0.2, 0) is 4.79 Å². The van der Waals surface area contributed by atoms with Crippen LogP contribution in [0.3, 0.4) is 0 Å². The third-order valence-corrected chi connectivity index (χ3v) is 1.57. The predicted octanol–water partition coefficient (Wildman–Crippen LogP) is 1.35. The Morgan fingerprint density at radius 1 is 0.750 bits per heavy atom. The lowest BCUT2D eigenvalue weighted by Crippen LogP contribution is -1.75. The Labute approximate surface area is 104 Å². The van der Waals surface area contributed by atoms with Crippen molar-refractivity contribution in [1.29, 1.82) is 0 Å². The van der Waals surface area contributed by atoms with E-state index in [-0.39, 0.29) is 0 Å². The number of carbonyl (C=O) groups is 1. The molecule has 0 fully saturated rings. The summed E-state index contributed by atoms with van der Waals surface area (Å²) in [4.78, 5) is 22.9. The Hall–Kier alpha value is -1.47. The van der Waals surface area contributed by atoms with Gasteiger partial charge in [-0.25, -0.2) is 19.9 Å². The van der Waals surface area contributed by atoms with Crippen molar-refractivity contribution in [2.75, 3.05) is 0 Å². The molecule has 2 heterocycles. The van der Waals surface area contributed by atoms with Gasteiger partial charge in [0.1, 0.15) is 6.79 Å². The van der Waals surface area contributed by atoms with Gasteiger partial charge in [-0.05, 0) is 12.1 Å². The summed E-state index contributed by atoms with van der Waals surface area (Å²) in [7, 11) is 0. The number of nitrogens with zero attached hydrogens (tertiary/aromatic N) is 4. The molecular weight excluding hydrogens is 244 g/mol. The van der Waals surface area contributed by atoms with E-state index in [9.17, 15) is 0 Å². The van der Waals surface area contributed by atoms with Crippen molar-refractivity contribution in [3.63, 3.8) is 0 Å². The first kappa shape index (κ1) is 14.5. The smallest absolute Gasteiger partial charge is 0.184 e. The van der Waals surface area contributed by atoms with Crippen LogP contribution >= 0.6 is 25.3 Å². The number of hydrogen-bond donors (Lipinski definition) is 2. The average molecular weight is 254 g/mol. The van der Waals surface area contributed by atoms with Gasteiger partial charge in [-0.1, -0.05) is 0 Å². The second-order valence-electron chi connectivity index (χ2n) is 2.10. The van der Waals surface area contributed by atoms with Crippen molar-refractivity contribution in [2.24, 2.45) is 0 Å². The maximum atomic E-state index is 8.00. The lowest BCUT2D eigenvalue weighted by Gasteiger charge is -1.80. The number of thiol groups is 2. The fraction of sp³-hybridized carbons (Fsp3) is 0. The van der Waals surface area contributed by atoms with Gasteiger partial charge in [-0.15, -0.1) is 25.3 Å². The highest BCUT2D eigenvalue weighted by Gasteiger charge is 1.76. The van der Waals surface area contributed by atoms with E-state index in [0.717, 1.165) is 0 Å². The molecule has 0 saturated heterocycles. The zero-order valence-corrected chi connectivity index (χ0v) is 10.1. The Kier molecular flexibility index (Phi) is 9.14. The molecule has 0 saturated carbocycles. The van der Waals surface area contributed by atoms with Gasteiger partial charge in [0.25, 0.3) is 0 Å². The number of aromatic nitrogens is 4. The lowest BCUT2D eigenvalue weighted by atomic mass is 10.7. The van der Waals surface area contributed by atoms with Crippen molar-refractivity contribution in [2.45, 2.75) is 10.3 Å². The normalized spacial score (nSPS) is 7.88. The minimum absolute atomic E-state index is 0.516. The van der Waals surface area contributed by atoms with E-state index in [1.807, 2.05) is 6.79 Å². The summed E-state index contributed by atoms with van der Waals surface area (Å²) in [6.45, 7) is 2.00. The molecule has 84 valence electrons. The monoisotopic (exact) mass is 254 g/mol. The number of carbonyl (C=O) groups excluding carboxylic acids is 1. The van der Waals surface area contributed by atoms with Crippen LogP contribution in [0.15, 0.2) is 47.2 Å². The molecule has 0 spiro atoms. The summed E-state index contributed by atoms with van der Waals surface area (Å²) < 4.78 is 0. The molecule has 0 N–H and O–H groups in total. The molecule has 2 rings (SSSR count). The second kappa shape index (κ2) is 10.1. The van der Waals surface area contributed by atoms with E-state index >= 15 is 0 Å². The SMILES string of the molecule is C=O.Sc1ncccn1.Sc1ncccn1. The van der Waals surface area contributed by atoms with Crippen molar-refractivity contribution in [3.8, 4) is 0 Å². The van der Waals surface area contributed by atoms with Gasteiger partial charge in [0.15, 0.2) is 10.3 Å². The van der Waals surface area contributed by atoms with E-state index in [1.54, 1.807) is 36.9 Å². The van der Waals surface area contributed by atoms with Gasteiger partial charge in [-0.2, -0.15) is 0 Å². The second-order valence-corrected chi connectivity index (χ2v) is 2.90. The Balaban J connectivity index is 0.000000244. The highest BCUT2D eigenvalue weighted by Crippen LogP contribution is 1.89. The van der Waals surface area contributed by atoms with Crippen molar-refractivity contribution in [3.05, 3.63) is 36.9 Å². The van der Waals surface area contributed by atoms with Crippen LogP contribution in [0.1, 0.15) is 0 Å². The molecule has 0 aliphatic carbocycles. The molecule has 2 aromatic rings. The Bertz CT molecular complexity index is 336. The van der Waals surface area contributed by atoms with E-state index < -0.39 is 0 Å². The summed E-state index contributed by atoms with van der Waals surface area (Å²) in [6.07, 6.45) is 6.59. The van der Waals surface area contributed by atoms with Gasteiger partial charge in [0.05, 0.1) is 0 Å². The zero-order chi connectivity index (χ0) is 12.2. The summed E-state index contributed by atoms with van der Waals surface area (Å²) in [5, 5.41) is 1.03. The quantitative estimate of drug-likeness (QED) is 0.548. The Morgan fingerprint density at radius 3 is 1.12 bits per heavy atom. The number of hydrogen-bond acceptors (Lipinski definition) is 7. The number of rotatable bonds is 0. The van der Waals surface area contributed by atoms with Crippen LogP contribution in [0.2, 0.25) is 0 Å². The van der Waals surface area contributed by atoms with Crippen LogP contribution in [0.5, 0.6) is 0 Å². The molecule has 7 heteroatoms. The summed E-state index contributed by atoms with van der Waals surface area (Å²) >= 11 is 7.72. The first-order valence-electron chi connectivity index (χ1n) is 4.00. The van der Waals surface area contributed by atoms with Crippen molar-refractivity contribution < 1.29 is 4.79 Å². The standard InChI is InChI=1S/2C4H4N2S.CH2O/c2*7-4-5-2-1-3-6-4;1-2/h2*1-3H,(H,5,6,7);1H2. The van der Waals surface area contributed by atoms with Gasteiger partial charge in [0.2, 0.25) is 0 Å². The summed E-state index contributed by atoms with van der Waals surface area (Å²) in [5.74, 6) is 0. The fourth-order valence-corrected chi connectivity index (χ4v) is 0.849. The molecule has 5 nitrogen and oxygen atoms in total. The third kappa shape index (κ3) is 7.89. The van der Waals surface area contributed by atoms with Crippen LogP contribution in [0.4, 0.5) is 0 Å². The molecule has 2 aromatic heterocycles. The first-order valence-corrected chi connectivity index (χ1v) is 4.89. The van der Waals surface area contributed by atoms with Gasteiger partial charge in [0, 0.05) is 24.8 Å². The van der Waals surface area contributed by atoms with Crippen LogP contribution < -0.4 is 0 Å². The summed E-state index contributed by atoms with van der Waals surface area (Å²) in [6, 6.07) is 3.50. The molecule has 0 atom stereocenters. The van der Waals surface area contributed by atoms with E-state index in [2.05, 4.69) is 45.2 Å². The molecule has 0 amide bonds. The zero-order valence-electron chi connectivity index (χ0n) is 8.26. The minimum Gasteiger partial charge on any atom is -0.307 e. The molecule has 0 aliphatic heterocycles. The molecule has 0 radical (unpaired) electrons. The Morgan fingerprint density at radius 2 is 1.00 bits per heavy atom. The van der Waals surface area contributed by atoms with Crippen molar-refractivity contribution >= 4 is 32.0 Å². The van der Waals surface area contributed by atoms with Gasteiger partial charge < -0.3 is 4.79 Å². The minimum atomic E-state index is 0.516. The third-order valence-electron chi connectivity index (χ3n) is 1.10. The first-order chi connectivity index (χ1) is 7.79. The largest absolute Gasteiger partial charge is 0.307 e. The highest BCUT2D eigenvalue weighted by atomic mass is 32.1. The molecule has 0 bridgehead atoms. The van der Waals surface area contributed by atoms with Crippen molar-refractivity contribution in [1.82, 2.24) is 19.9 Å². The molecule has 16 heavy (non-hydrogen) atoms. The van der Waals surface area contributed by atoms with E-state index in [4.69, 9.17) is 4.79 Å². The van der Waals surface area contributed by atoms with Gasteiger partial charge >= 0.3 is 0 Å². The topological polar surface area (TPSA) is 68.6 Å². The maximum absolute atomic E-state index is 8.00. The van der Waals surface area contributed by atoms with Gasteiger partial charge in [-0.3, -0.25) is 0 Å². The fourth-order valence-electron chi connectivity index (χ4n) is 0.582. The van der Waals surface area contributed by atoms with Crippen LogP contribution in [0.25, 0.3) is 0 Å². The maximum Gasteiger partial charge on any atom is 0.184 e. The lowest BCUT2D eigenvalue weighted by molar-refractivity contribution is -0.0979. The average Bonchev–Trinajstić information content (AvgIpc) is 2.34. The molecule has 0 unspecified atom stereocenters. The van der Waals surface area contributed by atoms with Crippen LogP contribution in [-0.4, -0.2) is 26.7 Å². The predicted molar refractivity (Wildman–Crippen MR) is 65.7 cm³/mol. The van der Waals surface area contributed by atoms with E-state index in [0.29, 0.717) is 10.3 Å². The molecule has 0 aliphatic rings.